The molecule has 0 unspecified atom stereocenters. The zero-order chi connectivity index (χ0) is 10.1. The van der Waals surface area contributed by atoms with Gasteiger partial charge in [0, 0.05) is 25.6 Å². The van der Waals surface area contributed by atoms with Crippen LogP contribution >= 0.6 is 0 Å². The van der Waals surface area contributed by atoms with Gasteiger partial charge in [0.1, 0.15) is 5.69 Å². The normalized spacial score (nSPS) is 10.4. The third-order valence-electron chi connectivity index (χ3n) is 1.84. The maximum absolute atomic E-state index is 10.5. The van der Waals surface area contributed by atoms with E-state index in [4.69, 9.17) is 5.11 Å². The minimum Gasteiger partial charge on any atom is -0.463 e. The SMILES string of the molecule is Cn1ccnc1-c1ccn(C(=O)O)n1. The Hall–Kier alpha value is -2.11. The molecule has 2 aromatic rings. The molecule has 0 atom stereocenters. The predicted octanol–water partition coefficient (Wildman–Crippen LogP) is 0.810. The van der Waals surface area contributed by atoms with Gasteiger partial charge in [-0.05, 0) is 6.07 Å². The molecule has 72 valence electrons. The number of rotatable bonds is 1. The lowest BCUT2D eigenvalue weighted by molar-refractivity contribution is 0.192. The van der Waals surface area contributed by atoms with Crippen LogP contribution in [-0.4, -0.2) is 30.5 Å². The Bertz CT molecular complexity index is 471. The molecule has 0 aliphatic rings. The van der Waals surface area contributed by atoms with Gasteiger partial charge in [0.25, 0.3) is 0 Å². The lowest BCUT2D eigenvalue weighted by Gasteiger charge is -1.95. The molecule has 0 aliphatic heterocycles. The number of hydrogen-bond acceptors (Lipinski definition) is 3. The third kappa shape index (κ3) is 1.26. The van der Waals surface area contributed by atoms with Crippen molar-refractivity contribution in [2.24, 2.45) is 7.05 Å². The topological polar surface area (TPSA) is 72.9 Å². The van der Waals surface area contributed by atoms with Gasteiger partial charge in [0.05, 0.1) is 0 Å². The van der Waals surface area contributed by atoms with E-state index in [1.54, 1.807) is 23.0 Å². The maximum atomic E-state index is 10.5. The molecule has 6 heteroatoms. The van der Waals surface area contributed by atoms with Crippen LogP contribution in [0.3, 0.4) is 0 Å². The summed E-state index contributed by atoms with van der Waals surface area (Å²) < 4.78 is 2.62. The van der Waals surface area contributed by atoms with Crippen LogP contribution in [0.1, 0.15) is 0 Å². The molecule has 0 saturated heterocycles. The molecule has 0 aromatic carbocycles. The summed E-state index contributed by atoms with van der Waals surface area (Å²) in [5.74, 6) is 0.644. The molecule has 0 spiro atoms. The zero-order valence-corrected chi connectivity index (χ0v) is 7.45. The molecule has 14 heavy (non-hydrogen) atoms. The highest BCUT2D eigenvalue weighted by atomic mass is 16.4. The van der Waals surface area contributed by atoms with E-state index in [-0.39, 0.29) is 0 Å². The van der Waals surface area contributed by atoms with Crippen molar-refractivity contribution in [1.29, 1.82) is 0 Å². The first kappa shape index (κ1) is 8.49. The van der Waals surface area contributed by atoms with Crippen molar-refractivity contribution >= 4 is 6.09 Å². The van der Waals surface area contributed by atoms with Gasteiger partial charge in [0.15, 0.2) is 5.82 Å². The van der Waals surface area contributed by atoms with E-state index in [9.17, 15) is 4.79 Å². The second kappa shape index (κ2) is 2.99. The molecule has 1 N–H and O–H groups in total. The van der Waals surface area contributed by atoms with E-state index >= 15 is 0 Å². The quantitative estimate of drug-likeness (QED) is 0.725. The van der Waals surface area contributed by atoms with Gasteiger partial charge < -0.3 is 9.67 Å². The van der Waals surface area contributed by atoms with E-state index in [2.05, 4.69) is 10.1 Å². The zero-order valence-electron chi connectivity index (χ0n) is 7.45. The molecule has 0 fully saturated rings. The summed E-state index contributed by atoms with van der Waals surface area (Å²) >= 11 is 0. The Labute approximate surface area is 79.4 Å². The highest BCUT2D eigenvalue weighted by Gasteiger charge is 2.09. The number of imidazole rings is 1. The number of hydrogen-bond donors (Lipinski definition) is 1. The number of aromatic nitrogens is 4. The number of aryl methyl sites for hydroxylation is 1. The summed E-state index contributed by atoms with van der Waals surface area (Å²) in [6, 6.07) is 1.61. The van der Waals surface area contributed by atoms with Crippen LogP contribution in [0.4, 0.5) is 4.79 Å². The predicted molar refractivity (Wildman–Crippen MR) is 47.9 cm³/mol. The smallest absolute Gasteiger partial charge is 0.432 e. The summed E-state index contributed by atoms with van der Waals surface area (Å²) in [6.45, 7) is 0. The van der Waals surface area contributed by atoms with Crippen molar-refractivity contribution in [3.63, 3.8) is 0 Å². The summed E-state index contributed by atoms with van der Waals surface area (Å²) in [4.78, 5) is 14.6. The highest BCUT2D eigenvalue weighted by molar-refractivity contribution is 5.67. The Morgan fingerprint density at radius 3 is 2.79 bits per heavy atom. The van der Waals surface area contributed by atoms with Crippen LogP contribution in [-0.2, 0) is 7.05 Å². The van der Waals surface area contributed by atoms with Gasteiger partial charge in [-0.1, -0.05) is 0 Å². The fourth-order valence-electron chi connectivity index (χ4n) is 1.16. The van der Waals surface area contributed by atoms with Gasteiger partial charge >= 0.3 is 6.09 Å². The Kier molecular flexibility index (Phi) is 1.81. The monoisotopic (exact) mass is 192 g/mol. The van der Waals surface area contributed by atoms with Crippen LogP contribution in [0.25, 0.3) is 11.5 Å². The van der Waals surface area contributed by atoms with Crippen molar-refractivity contribution in [2.75, 3.05) is 0 Å². The first-order chi connectivity index (χ1) is 6.68. The fourth-order valence-corrected chi connectivity index (χ4v) is 1.16. The molecule has 0 radical (unpaired) electrons. The summed E-state index contributed by atoms with van der Waals surface area (Å²) in [6.07, 6.45) is 3.68. The van der Waals surface area contributed by atoms with Gasteiger partial charge in [-0.15, -0.1) is 0 Å². The summed E-state index contributed by atoms with van der Waals surface area (Å²) in [7, 11) is 1.82. The second-order valence-corrected chi connectivity index (χ2v) is 2.79. The van der Waals surface area contributed by atoms with Crippen LogP contribution in [0.2, 0.25) is 0 Å². The van der Waals surface area contributed by atoms with E-state index < -0.39 is 6.09 Å². The van der Waals surface area contributed by atoms with Crippen molar-refractivity contribution < 1.29 is 9.90 Å². The van der Waals surface area contributed by atoms with E-state index in [1.165, 1.54) is 6.20 Å². The van der Waals surface area contributed by atoms with Crippen molar-refractivity contribution in [3.8, 4) is 11.5 Å². The van der Waals surface area contributed by atoms with Gasteiger partial charge in [-0.3, -0.25) is 0 Å². The maximum Gasteiger partial charge on any atom is 0.432 e. The molecule has 2 heterocycles. The molecule has 0 aliphatic carbocycles. The molecular weight excluding hydrogens is 184 g/mol. The standard InChI is InChI=1S/C8H8N4O2/c1-11-5-3-9-7(11)6-2-4-12(10-6)8(13)14/h2-5H,1H3,(H,13,14). The first-order valence-electron chi connectivity index (χ1n) is 3.95. The fraction of sp³-hybridized carbons (Fsp3) is 0.125. The average Bonchev–Trinajstić information content (AvgIpc) is 2.71. The van der Waals surface area contributed by atoms with Crippen molar-refractivity contribution in [2.45, 2.75) is 0 Å². The minimum atomic E-state index is -1.11. The van der Waals surface area contributed by atoms with Gasteiger partial charge in [0.2, 0.25) is 0 Å². The molecule has 0 amide bonds. The lowest BCUT2D eigenvalue weighted by Crippen LogP contribution is -2.08. The van der Waals surface area contributed by atoms with Gasteiger partial charge in [-0.2, -0.15) is 9.78 Å². The third-order valence-corrected chi connectivity index (χ3v) is 1.84. The Balaban J connectivity index is 2.43. The number of carboxylic acid groups (broad SMARTS) is 1. The van der Waals surface area contributed by atoms with Crippen LogP contribution in [0, 0.1) is 0 Å². The second-order valence-electron chi connectivity index (χ2n) is 2.79. The number of nitrogens with zero attached hydrogens (tertiary/aromatic N) is 4. The summed E-state index contributed by atoms with van der Waals surface area (Å²) in [5, 5.41) is 12.5. The number of carbonyl (C=O) groups is 1. The molecule has 6 nitrogen and oxygen atoms in total. The average molecular weight is 192 g/mol. The van der Waals surface area contributed by atoms with Crippen LogP contribution in [0.5, 0.6) is 0 Å². The first-order valence-corrected chi connectivity index (χ1v) is 3.95. The molecule has 2 rings (SSSR count). The molecule has 0 bridgehead atoms. The summed E-state index contributed by atoms with van der Waals surface area (Å²) in [5.41, 5.74) is 0.542. The van der Waals surface area contributed by atoms with Crippen molar-refractivity contribution in [1.82, 2.24) is 19.3 Å². The van der Waals surface area contributed by atoms with E-state index in [1.807, 2.05) is 7.05 Å². The minimum absolute atomic E-state index is 0.542. The van der Waals surface area contributed by atoms with E-state index in [0.717, 1.165) is 4.68 Å². The van der Waals surface area contributed by atoms with Gasteiger partial charge in [-0.25, -0.2) is 9.78 Å². The Morgan fingerprint density at radius 2 is 2.29 bits per heavy atom. The highest BCUT2D eigenvalue weighted by Crippen LogP contribution is 2.12. The lowest BCUT2D eigenvalue weighted by atomic mass is 10.4. The largest absolute Gasteiger partial charge is 0.463 e. The van der Waals surface area contributed by atoms with Crippen molar-refractivity contribution in [3.05, 3.63) is 24.7 Å². The molecular formula is C8H8N4O2. The molecule has 2 aromatic heterocycles. The Morgan fingerprint density at radius 1 is 1.50 bits per heavy atom. The van der Waals surface area contributed by atoms with E-state index in [0.29, 0.717) is 11.5 Å². The van der Waals surface area contributed by atoms with Crippen LogP contribution in [0.15, 0.2) is 24.7 Å². The van der Waals surface area contributed by atoms with Crippen LogP contribution < -0.4 is 0 Å². The molecule has 0 saturated carbocycles.